The molecule has 33 heavy (non-hydrogen) atoms. The first-order valence-corrected chi connectivity index (χ1v) is 11.5. The third-order valence-corrected chi connectivity index (χ3v) is 6.70. The topological polar surface area (TPSA) is 102 Å². The van der Waals surface area contributed by atoms with Gasteiger partial charge in [0.2, 0.25) is 15.7 Å². The minimum Gasteiger partial charge on any atom is -0.438 e. The number of nitrogens with zero attached hydrogens (tertiary/aromatic N) is 3. The number of halogens is 1. The second kappa shape index (κ2) is 8.90. The predicted molar refractivity (Wildman–Crippen MR) is 125 cm³/mol. The molecule has 0 N–H and O–H groups in total. The molecule has 0 aliphatic heterocycles. The largest absolute Gasteiger partial charge is 0.438 e. The molecule has 0 bridgehead atoms. The van der Waals surface area contributed by atoms with Crippen LogP contribution < -0.4 is 10.3 Å². The fourth-order valence-electron chi connectivity index (χ4n) is 3.04. The highest BCUT2D eigenvalue weighted by atomic mass is 35.5. The summed E-state index contributed by atoms with van der Waals surface area (Å²) in [4.78, 5) is 16.9. The third kappa shape index (κ3) is 4.51. The van der Waals surface area contributed by atoms with Crippen molar-refractivity contribution in [2.24, 2.45) is 0 Å². The SMILES string of the molecule is Cc1ccc(Oc2nc3ccccn3c(=O)c2/C=C(\C#N)S(=O)(=O)c2ccc(Cl)cc2)cc1. The van der Waals surface area contributed by atoms with Gasteiger partial charge in [-0.3, -0.25) is 9.20 Å². The Bertz CT molecular complexity index is 1580. The molecule has 2 aromatic heterocycles. The maximum Gasteiger partial charge on any atom is 0.269 e. The first kappa shape index (κ1) is 22.3. The van der Waals surface area contributed by atoms with Crippen molar-refractivity contribution in [3.05, 3.63) is 104 Å². The van der Waals surface area contributed by atoms with Gasteiger partial charge in [0.25, 0.3) is 5.56 Å². The van der Waals surface area contributed by atoms with Gasteiger partial charge in [-0.1, -0.05) is 35.4 Å². The van der Waals surface area contributed by atoms with E-state index in [9.17, 15) is 18.5 Å². The number of hydrogen-bond donors (Lipinski definition) is 0. The smallest absolute Gasteiger partial charge is 0.269 e. The van der Waals surface area contributed by atoms with Crippen molar-refractivity contribution in [2.75, 3.05) is 0 Å². The molecule has 0 unspecified atom stereocenters. The molecule has 0 saturated carbocycles. The van der Waals surface area contributed by atoms with Gasteiger partial charge in [0.1, 0.15) is 27.9 Å². The van der Waals surface area contributed by atoms with Crippen LogP contribution in [0, 0.1) is 18.3 Å². The van der Waals surface area contributed by atoms with Crippen molar-refractivity contribution in [2.45, 2.75) is 11.8 Å². The summed E-state index contributed by atoms with van der Waals surface area (Å²) in [6, 6.07) is 19.1. The number of allylic oxidation sites excluding steroid dienone is 1. The Kier molecular flexibility index (Phi) is 6.01. The number of aryl methyl sites for hydroxylation is 1. The molecular weight excluding hydrogens is 462 g/mol. The molecule has 2 heterocycles. The summed E-state index contributed by atoms with van der Waals surface area (Å²) in [5.41, 5.74) is 0.561. The van der Waals surface area contributed by atoms with Crippen LogP contribution in [-0.2, 0) is 9.84 Å². The van der Waals surface area contributed by atoms with E-state index in [0.717, 1.165) is 11.6 Å². The van der Waals surface area contributed by atoms with Gasteiger partial charge in [0.05, 0.1) is 4.90 Å². The van der Waals surface area contributed by atoms with Crippen LogP contribution >= 0.6 is 11.6 Å². The van der Waals surface area contributed by atoms with Crippen molar-refractivity contribution >= 4 is 33.2 Å². The molecular formula is C24H16ClN3O4S. The Morgan fingerprint density at radius 3 is 2.45 bits per heavy atom. The van der Waals surface area contributed by atoms with E-state index in [-0.39, 0.29) is 16.3 Å². The molecule has 0 spiro atoms. The molecule has 9 heteroatoms. The van der Waals surface area contributed by atoms with Gasteiger partial charge in [0, 0.05) is 11.2 Å². The van der Waals surface area contributed by atoms with Crippen molar-refractivity contribution in [3.63, 3.8) is 0 Å². The van der Waals surface area contributed by atoms with Crippen molar-refractivity contribution in [1.29, 1.82) is 5.26 Å². The third-order valence-electron chi connectivity index (χ3n) is 4.77. The minimum atomic E-state index is -4.22. The van der Waals surface area contributed by atoms with Gasteiger partial charge in [-0.2, -0.15) is 10.2 Å². The van der Waals surface area contributed by atoms with Crippen LogP contribution in [0.1, 0.15) is 11.1 Å². The molecule has 4 aromatic rings. The van der Waals surface area contributed by atoms with Crippen molar-refractivity contribution < 1.29 is 13.2 Å². The first-order chi connectivity index (χ1) is 15.8. The molecule has 0 aliphatic carbocycles. The molecule has 4 rings (SSSR count). The molecule has 0 fully saturated rings. The fourth-order valence-corrected chi connectivity index (χ4v) is 4.31. The Hall–Kier alpha value is -3.93. The van der Waals surface area contributed by atoms with Gasteiger partial charge in [-0.05, 0) is 61.5 Å². The van der Waals surface area contributed by atoms with Crippen LogP contribution in [0.2, 0.25) is 5.02 Å². The number of hydrogen-bond acceptors (Lipinski definition) is 6. The number of pyridine rings is 1. The Morgan fingerprint density at radius 1 is 1.09 bits per heavy atom. The molecule has 2 aromatic carbocycles. The van der Waals surface area contributed by atoms with E-state index in [4.69, 9.17) is 16.3 Å². The zero-order valence-electron chi connectivity index (χ0n) is 17.3. The monoisotopic (exact) mass is 477 g/mol. The number of rotatable bonds is 5. The van der Waals surface area contributed by atoms with E-state index in [0.29, 0.717) is 16.4 Å². The highest BCUT2D eigenvalue weighted by molar-refractivity contribution is 7.95. The van der Waals surface area contributed by atoms with Gasteiger partial charge in [-0.15, -0.1) is 0 Å². The Labute approximate surface area is 194 Å². The number of nitriles is 1. The van der Waals surface area contributed by atoms with Crippen LogP contribution in [0.3, 0.4) is 0 Å². The van der Waals surface area contributed by atoms with E-state index < -0.39 is 20.3 Å². The molecule has 0 amide bonds. The second-order valence-corrected chi connectivity index (χ2v) is 9.41. The first-order valence-electron chi connectivity index (χ1n) is 9.68. The zero-order chi connectivity index (χ0) is 23.6. The molecule has 164 valence electrons. The highest BCUT2D eigenvalue weighted by Gasteiger charge is 2.23. The Balaban J connectivity index is 1.92. The van der Waals surface area contributed by atoms with Crippen molar-refractivity contribution in [3.8, 4) is 17.7 Å². The van der Waals surface area contributed by atoms with E-state index >= 15 is 0 Å². The van der Waals surface area contributed by atoms with Crippen LogP contribution in [0.5, 0.6) is 11.6 Å². The average Bonchev–Trinajstić information content (AvgIpc) is 2.80. The lowest BCUT2D eigenvalue weighted by molar-refractivity contribution is 0.461. The highest BCUT2D eigenvalue weighted by Crippen LogP contribution is 2.27. The Morgan fingerprint density at radius 2 is 1.79 bits per heavy atom. The number of fused-ring (bicyclic) bond motifs is 1. The van der Waals surface area contributed by atoms with Gasteiger partial charge < -0.3 is 4.74 Å². The van der Waals surface area contributed by atoms with Crippen molar-refractivity contribution in [1.82, 2.24) is 9.38 Å². The number of ether oxygens (including phenoxy) is 1. The van der Waals surface area contributed by atoms with Crippen LogP contribution in [0.15, 0.2) is 87.5 Å². The lowest BCUT2D eigenvalue weighted by atomic mass is 10.2. The quantitative estimate of drug-likeness (QED) is 0.383. The molecule has 0 saturated heterocycles. The second-order valence-electron chi connectivity index (χ2n) is 7.06. The zero-order valence-corrected chi connectivity index (χ0v) is 18.8. The minimum absolute atomic E-state index is 0.117. The molecule has 0 radical (unpaired) electrons. The normalized spacial score (nSPS) is 11.8. The summed E-state index contributed by atoms with van der Waals surface area (Å²) in [5.74, 6) is 0.288. The lowest BCUT2D eigenvalue weighted by Crippen LogP contribution is -2.19. The fraction of sp³-hybridized carbons (Fsp3) is 0.0417. The van der Waals surface area contributed by atoms with E-state index in [1.807, 2.05) is 19.1 Å². The molecule has 0 atom stereocenters. The number of aromatic nitrogens is 2. The van der Waals surface area contributed by atoms with Gasteiger partial charge >= 0.3 is 0 Å². The standard InChI is InChI=1S/C24H16ClN3O4S/c1-16-5-9-18(10-6-16)32-23-21(24(29)28-13-3-2-4-22(28)27-23)14-20(15-26)33(30,31)19-11-7-17(25)8-12-19/h2-14H,1H3/b20-14+. The van der Waals surface area contributed by atoms with E-state index in [2.05, 4.69) is 4.98 Å². The predicted octanol–water partition coefficient (Wildman–Crippen LogP) is 4.79. The maximum atomic E-state index is 13.2. The van der Waals surface area contributed by atoms with E-state index in [1.165, 1.54) is 34.9 Å². The van der Waals surface area contributed by atoms with Gasteiger partial charge in [0.15, 0.2) is 0 Å². The average molecular weight is 478 g/mol. The van der Waals surface area contributed by atoms with Crippen LogP contribution in [0.4, 0.5) is 0 Å². The van der Waals surface area contributed by atoms with Gasteiger partial charge in [-0.25, -0.2) is 8.42 Å². The summed E-state index contributed by atoms with van der Waals surface area (Å²) in [6.07, 6.45) is 2.49. The van der Waals surface area contributed by atoms with Crippen LogP contribution in [-0.4, -0.2) is 17.8 Å². The molecule has 7 nitrogen and oxygen atoms in total. The summed E-state index contributed by atoms with van der Waals surface area (Å²) in [6.45, 7) is 1.92. The summed E-state index contributed by atoms with van der Waals surface area (Å²) in [7, 11) is -4.22. The van der Waals surface area contributed by atoms with E-state index in [1.54, 1.807) is 36.4 Å². The maximum absolute atomic E-state index is 13.2. The summed E-state index contributed by atoms with van der Waals surface area (Å²) < 4.78 is 33.2. The van der Waals surface area contributed by atoms with Crippen LogP contribution in [0.25, 0.3) is 11.7 Å². The summed E-state index contributed by atoms with van der Waals surface area (Å²) in [5, 5.41) is 10.0. The number of benzene rings is 2. The lowest BCUT2D eigenvalue weighted by Gasteiger charge is -2.11. The number of sulfone groups is 1. The molecule has 0 aliphatic rings. The summed E-state index contributed by atoms with van der Waals surface area (Å²) >= 11 is 5.85.